The van der Waals surface area contributed by atoms with Crippen LogP contribution in [0.25, 0.3) is 21.8 Å². The predicted octanol–water partition coefficient (Wildman–Crippen LogP) is 3.87. The lowest BCUT2D eigenvalue weighted by atomic mass is 10.1. The molecule has 1 N–H and O–H groups in total. The summed E-state index contributed by atoms with van der Waals surface area (Å²) in [6.07, 6.45) is 5.85. The molecule has 2 heterocycles. The van der Waals surface area contributed by atoms with Gasteiger partial charge in [0.2, 0.25) is 5.91 Å². The molecule has 0 aliphatic heterocycles. The van der Waals surface area contributed by atoms with E-state index in [1.807, 2.05) is 30.3 Å². The number of hydrogen-bond donors (Lipinski definition) is 1. The van der Waals surface area contributed by atoms with E-state index in [4.69, 9.17) is 0 Å². The molecule has 2 aromatic heterocycles. The maximum absolute atomic E-state index is 12.2. The minimum absolute atomic E-state index is 0.0491. The fourth-order valence-electron chi connectivity index (χ4n) is 2.75. The summed E-state index contributed by atoms with van der Waals surface area (Å²) >= 11 is 0. The second kappa shape index (κ2) is 7.17. The highest BCUT2D eigenvalue weighted by atomic mass is 16.1. The van der Waals surface area contributed by atoms with Crippen LogP contribution in [0.4, 0.5) is 5.69 Å². The summed E-state index contributed by atoms with van der Waals surface area (Å²) in [5.74, 6) is 0.112. The first-order valence-corrected chi connectivity index (χ1v) is 8.07. The number of carbonyl (C=O) groups excluding carboxylic acids is 2. The van der Waals surface area contributed by atoms with Crippen molar-refractivity contribution in [2.24, 2.45) is 0 Å². The van der Waals surface area contributed by atoms with Crippen LogP contribution in [-0.2, 0) is 9.59 Å². The van der Waals surface area contributed by atoms with Gasteiger partial charge in [-0.25, -0.2) is 0 Å². The van der Waals surface area contributed by atoms with Gasteiger partial charge in [-0.3, -0.25) is 14.8 Å². The van der Waals surface area contributed by atoms with Gasteiger partial charge in [-0.15, -0.1) is 0 Å². The van der Waals surface area contributed by atoms with Gasteiger partial charge in [-0.1, -0.05) is 6.07 Å². The zero-order chi connectivity index (χ0) is 16.9. The summed E-state index contributed by atoms with van der Waals surface area (Å²) in [6, 6.07) is 9.53. The van der Waals surface area contributed by atoms with Crippen LogP contribution in [0.3, 0.4) is 0 Å². The number of rotatable bonds is 6. The molecule has 5 nitrogen and oxygen atoms in total. The van der Waals surface area contributed by atoms with Gasteiger partial charge in [0.05, 0.1) is 16.7 Å². The molecule has 0 saturated carbocycles. The molecule has 0 radical (unpaired) electrons. The molecule has 3 rings (SSSR count). The van der Waals surface area contributed by atoms with Gasteiger partial charge in [-0.05, 0) is 44.0 Å². The zero-order valence-electron chi connectivity index (χ0n) is 13.6. The van der Waals surface area contributed by atoms with E-state index in [0.29, 0.717) is 19.3 Å². The van der Waals surface area contributed by atoms with Crippen molar-refractivity contribution in [3.63, 3.8) is 0 Å². The van der Waals surface area contributed by atoms with E-state index >= 15 is 0 Å². The fraction of sp³-hybridized carbons (Fsp3) is 0.263. The molecule has 0 aliphatic carbocycles. The van der Waals surface area contributed by atoms with Crippen LogP contribution in [-0.4, -0.2) is 21.7 Å². The third kappa shape index (κ3) is 3.56. The number of aromatic nitrogens is 2. The molecule has 0 aliphatic rings. The Kier molecular flexibility index (Phi) is 4.79. The number of benzene rings is 1. The van der Waals surface area contributed by atoms with E-state index in [-0.39, 0.29) is 11.7 Å². The summed E-state index contributed by atoms with van der Waals surface area (Å²) in [4.78, 5) is 32.0. The Morgan fingerprint density at radius 1 is 1.00 bits per heavy atom. The molecular weight excluding hydrogens is 302 g/mol. The van der Waals surface area contributed by atoms with E-state index in [1.165, 1.54) is 0 Å². The molecule has 0 atom stereocenters. The minimum Gasteiger partial charge on any atom is -0.325 e. The number of carbonyl (C=O) groups is 2. The Balaban J connectivity index is 1.83. The molecule has 3 aromatic rings. The molecule has 5 heteroatoms. The van der Waals surface area contributed by atoms with Crippen LogP contribution in [0.2, 0.25) is 0 Å². The van der Waals surface area contributed by atoms with Gasteiger partial charge in [0.25, 0.3) is 0 Å². The monoisotopic (exact) mass is 321 g/mol. The first-order chi connectivity index (χ1) is 11.6. The number of anilines is 1. The van der Waals surface area contributed by atoms with Crippen molar-refractivity contribution >= 4 is 39.2 Å². The van der Waals surface area contributed by atoms with Crippen molar-refractivity contribution in [2.75, 3.05) is 5.32 Å². The molecule has 1 aromatic carbocycles. The average molecular weight is 321 g/mol. The summed E-state index contributed by atoms with van der Waals surface area (Å²) in [5.41, 5.74) is 2.35. The van der Waals surface area contributed by atoms with Crippen molar-refractivity contribution in [1.29, 1.82) is 0 Å². The third-order valence-electron chi connectivity index (χ3n) is 3.92. The average Bonchev–Trinajstić information content (AvgIpc) is 2.59. The Labute approximate surface area is 140 Å². The highest BCUT2D eigenvalue weighted by Crippen LogP contribution is 2.29. The Morgan fingerprint density at radius 3 is 2.50 bits per heavy atom. The topological polar surface area (TPSA) is 72.0 Å². The number of hydrogen-bond acceptors (Lipinski definition) is 4. The lowest BCUT2D eigenvalue weighted by molar-refractivity contribution is -0.118. The van der Waals surface area contributed by atoms with E-state index in [2.05, 4.69) is 15.3 Å². The highest BCUT2D eigenvalue weighted by Gasteiger charge is 2.10. The van der Waals surface area contributed by atoms with Gasteiger partial charge in [0.1, 0.15) is 5.78 Å². The fourth-order valence-corrected chi connectivity index (χ4v) is 2.75. The number of nitrogens with one attached hydrogen (secondary N) is 1. The second-order valence-electron chi connectivity index (χ2n) is 5.86. The van der Waals surface area contributed by atoms with Crippen molar-refractivity contribution in [1.82, 2.24) is 9.97 Å². The molecular formula is C19H19N3O2. The molecule has 0 fully saturated rings. The smallest absolute Gasteiger partial charge is 0.224 e. The van der Waals surface area contributed by atoms with Gasteiger partial charge in [-0.2, -0.15) is 0 Å². The van der Waals surface area contributed by atoms with Crippen molar-refractivity contribution in [2.45, 2.75) is 32.6 Å². The van der Waals surface area contributed by atoms with Gasteiger partial charge in [0, 0.05) is 36.0 Å². The molecule has 24 heavy (non-hydrogen) atoms. The number of fused-ring (bicyclic) bond motifs is 3. The molecule has 122 valence electrons. The largest absolute Gasteiger partial charge is 0.325 e. The van der Waals surface area contributed by atoms with Gasteiger partial charge < -0.3 is 10.1 Å². The summed E-state index contributed by atoms with van der Waals surface area (Å²) in [6.45, 7) is 1.57. The van der Waals surface area contributed by atoms with Crippen LogP contribution in [0, 0.1) is 0 Å². The number of amides is 1. The lowest BCUT2D eigenvalue weighted by Gasteiger charge is -2.10. The quantitative estimate of drug-likeness (QED) is 0.552. The van der Waals surface area contributed by atoms with Crippen molar-refractivity contribution in [3.05, 3.63) is 42.7 Å². The predicted molar refractivity (Wildman–Crippen MR) is 94.8 cm³/mol. The standard InChI is InChI=1S/C19H19N3O2/c1-13(23)6-2-3-9-17(24)22-16-12-14-7-4-10-20-18(14)19-15(16)8-5-11-21-19/h4-5,7-8,10-12H,2-3,6,9H2,1H3,(H,22,24). The molecule has 0 unspecified atom stereocenters. The number of ketones is 1. The van der Waals surface area contributed by atoms with Crippen LogP contribution < -0.4 is 5.32 Å². The number of Topliss-reactive ketones (excluding diaryl/α,β-unsaturated/α-hetero) is 1. The first kappa shape index (κ1) is 16.1. The zero-order valence-corrected chi connectivity index (χ0v) is 13.6. The third-order valence-corrected chi connectivity index (χ3v) is 3.92. The normalized spacial score (nSPS) is 10.9. The van der Waals surface area contributed by atoms with E-state index in [1.54, 1.807) is 19.3 Å². The molecule has 0 bridgehead atoms. The molecule has 1 amide bonds. The number of pyridine rings is 2. The van der Waals surface area contributed by atoms with Crippen LogP contribution in [0.1, 0.15) is 32.6 Å². The van der Waals surface area contributed by atoms with Crippen LogP contribution >= 0.6 is 0 Å². The first-order valence-electron chi connectivity index (χ1n) is 8.07. The maximum Gasteiger partial charge on any atom is 0.224 e. The number of unbranched alkanes of at least 4 members (excludes halogenated alkanes) is 1. The van der Waals surface area contributed by atoms with E-state index < -0.39 is 0 Å². The number of nitrogens with zero attached hydrogens (tertiary/aromatic N) is 2. The molecule has 0 saturated heterocycles. The summed E-state index contributed by atoms with van der Waals surface area (Å²) in [5, 5.41) is 4.79. The lowest BCUT2D eigenvalue weighted by Crippen LogP contribution is -2.11. The van der Waals surface area contributed by atoms with E-state index in [9.17, 15) is 9.59 Å². The van der Waals surface area contributed by atoms with Crippen LogP contribution in [0.5, 0.6) is 0 Å². The molecule has 0 spiro atoms. The summed E-state index contributed by atoms with van der Waals surface area (Å²) in [7, 11) is 0. The Bertz CT molecular complexity index is 905. The summed E-state index contributed by atoms with van der Waals surface area (Å²) < 4.78 is 0. The van der Waals surface area contributed by atoms with Gasteiger partial charge >= 0.3 is 0 Å². The maximum atomic E-state index is 12.2. The van der Waals surface area contributed by atoms with E-state index in [0.717, 1.165) is 33.9 Å². The van der Waals surface area contributed by atoms with Gasteiger partial charge in [0.15, 0.2) is 0 Å². The Morgan fingerprint density at radius 2 is 1.71 bits per heavy atom. The highest BCUT2D eigenvalue weighted by molar-refractivity contribution is 6.11. The minimum atomic E-state index is -0.0491. The second-order valence-corrected chi connectivity index (χ2v) is 5.86. The SMILES string of the molecule is CC(=O)CCCCC(=O)Nc1cc2cccnc2c2ncccc12. The van der Waals surface area contributed by atoms with Crippen molar-refractivity contribution in [3.8, 4) is 0 Å². The Hall–Kier alpha value is -2.82. The van der Waals surface area contributed by atoms with Crippen LogP contribution in [0.15, 0.2) is 42.7 Å². The van der Waals surface area contributed by atoms with Crippen molar-refractivity contribution < 1.29 is 9.59 Å².